The van der Waals surface area contributed by atoms with Crippen LogP contribution in [-0.2, 0) is 0 Å². The predicted octanol–water partition coefficient (Wildman–Crippen LogP) is 2.33. The van der Waals surface area contributed by atoms with Gasteiger partial charge in [-0.3, -0.25) is 0 Å². The van der Waals surface area contributed by atoms with Crippen molar-refractivity contribution in [2.24, 2.45) is 0 Å². The summed E-state index contributed by atoms with van der Waals surface area (Å²) in [5, 5.41) is 11.2. The number of nitriles is 1. The molecule has 0 radical (unpaired) electrons. The molecule has 0 atom stereocenters. The minimum Gasteiger partial charge on any atom is -0.187 e. The molecule has 0 unspecified atom stereocenters. The normalized spacial score (nSPS) is 12.7. The zero-order valence-electron chi connectivity index (χ0n) is 6.48. The molecule has 0 aromatic heterocycles. The Kier molecular flexibility index (Phi) is 3.72. The van der Waals surface area contributed by atoms with E-state index in [4.69, 9.17) is 5.26 Å². The highest BCUT2D eigenvalue weighted by Crippen LogP contribution is 2.44. The van der Waals surface area contributed by atoms with E-state index >= 15 is 0 Å². The Bertz CT molecular complexity index is 102. The van der Waals surface area contributed by atoms with E-state index in [1.54, 1.807) is 0 Å². The van der Waals surface area contributed by atoms with Crippen LogP contribution in [0.3, 0.4) is 0 Å². The first-order chi connectivity index (χ1) is 4.24. The molecule has 0 spiro atoms. The molecule has 0 saturated heterocycles. The zero-order chi connectivity index (χ0) is 7.33. The van der Waals surface area contributed by atoms with Gasteiger partial charge in [0, 0.05) is 0 Å². The van der Waals surface area contributed by atoms with Crippen LogP contribution in [-0.4, -0.2) is 17.3 Å². The molecule has 0 saturated carbocycles. The summed E-state index contributed by atoms with van der Waals surface area (Å²) in [6.07, 6.45) is 0. The molecule has 2 heteroatoms. The summed E-state index contributed by atoms with van der Waals surface area (Å²) < 4.78 is 0. The average molecular weight is 145 g/mol. The van der Waals surface area contributed by atoms with Gasteiger partial charge in [0.1, 0.15) is 5.40 Å². The van der Waals surface area contributed by atoms with Crippen molar-refractivity contribution >= 4 is 10.0 Å². The van der Waals surface area contributed by atoms with Crippen molar-refractivity contribution in [2.75, 3.05) is 17.3 Å². The first kappa shape index (κ1) is 8.84. The van der Waals surface area contributed by atoms with E-state index in [0.717, 1.165) is 17.3 Å². The van der Waals surface area contributed by atoms with Crippen molar-refractivity contribution in [3.63, 3.8) is 0 Å². The molecule has 0 aliphatic rings. The molecular weight excluding hydrogens is 130 g/mol. The highest BCUT2D eigenvalue weighted by Gasteiger charge is 2.15. The third-order valence-corrected chi connectivity index (χ3v) is 5.55. The molecule has 0 aromatic carbocycles. The lowest BCUT2D eigenvalue weighted by molar-refractivity contribution is 1.35. The predicted molar refractivity (Wildman–Crippen MR) is 44.8 cm³/mol. The van der Waals surface area contributed by atoms with Gasteiger partial charge in [-0.2, -0.15) is 15.3 Å². The van der Waals surface area contributed by atoms with Crippen molar-refractivity contribution < 1.29 is 0 Å². The Morgan fingerprint density at radius 2 is 1.44 bits per heavy atom. The van der Waals surface area contributed by atoms with E-state index in [2.05, 4.69) is 26.2 Å². The second kappa shape index (κ2) is 3.79. The number of hydrogen-bond donors (Lipinski definition) is 0. The van der Waals surface area contributed by atoms with Gasteiger partial charge in [0.2, 0.25) is 0 Å². The second-order valence-electron chi connectivity index (χ2n) is 2.00. The fraction of sp³-hybridized carbons (Fsp3) is 0.857. The van der Waals surface area contributed by atoms with Gasteiger partial charge in [0.25, 0.3) is 0 Å². The highest BCUT2D eigenvalue weighted by molar-refractivity contribution is 8.37. The molecule has 0 amide bonds. The lowest BCUT2D eigenvalue weighted by Gasteiger charge is -2.27. The summed E-state index contributed by atoms with van der Waals surface area (Å²) in [7, 11) is -0.843. The Hall–Kier alpha value is -0.160. The van der Waals surface area contributed by atoms with E-state index < -0.39 is 10.0 Å². The summed E-state index contributed by atoms with van der Waals surface area (Å²) in [6, 6.07) is 0. The fourth-order valence-corrected chi connectivity index (χ4v) is 2.42. The van der Waals surface area contributed by atoms with Gasteiger partial charge in [-0.1, -0.05) is 20.8 Å². The molecule has 0 aliphatic carbocycles. The van der Waals surface area contributed by atoms with Crippen LogP contribution in [0.25, 0.3) is 0 Å². The van der Waals surface area contributed by atoms with E-state index in [1.807, 2.05) is 0 Å². The minimum atomic E-state index is -0.843. The number of thiocyanates is 1. The largest absolute Gasteiger partial charge is 0.187 e. The van der Waals surface area contributed by atoms with Crippen LogP contribution >= 0.6 is 10.0 Å². The van der Waals surface area contributed by atoms with Gasteiger partial charge in [0.15, 0.2) is 0 Å². The third-order valence-electron chi connectivity index (χ3n) is 1.85. The minimum absolute atomic E-state index is 0.843. The standard InChI is InChI=1S/C7H15NS/c1-4-9(5-2,6-3)7-8/h4-6H2,1-3H3. The maximum atomic E-state index is 8.76. The summed E-state index contributed by atoms with van der Waals surface area (Å²) in [4.78, 5) is 0. The van der Waals surface area contributed by atoms with E-state index in [-0.39, 0.29) is 0 Å². The average Bonchev–Trinajstić information content (AvgIpc) is 1.95. The molecule has 54 valence electrons. The number of rotatable bonds is 3. The van der Waals surface area contributed by atoms with Crippen LogP contribution in [0.15, 0.2) is 0 Å². The topological polar surface area (TPSA) is 23.8 Å². The zero-order valence-corrected chi connectivity index (χ0v) is 7.29. The highest BCUT2D eigenvalue weighted by atomic mass is 32.3. The van der Waals surface area contributed by atoms with Crippen LogP contribution < -0.4 is 0 Å². The summed E-state index contributed by atoms with van der Waals surface area (Å²) >= 11 is 0. The molecule has 0 aliphatic heterocycles. The Labute approximate surface area is 59.4 Å². The molecule has 0 aromatic rings. The maximum Gasteiger partial charge on any atom is 0.113 e. The van der Waals surface area contributed by atoms with Crippen LogP contribution in [0.1, 0.15) is 20.8 Å². The Balaban J connectivity index is 4.04. The fourth-order valence-electron chi connectivity index (χ4n) is 0.806. The lowest BCUT2D eigenvalue weighted by Crippen LogP contribution is -2.04. The second-order valence-corrected chi connectivity index (χ2v) is 6.01. The van der Waals surface area contributed by atoms with Crippen molar-refractivity contribution in [1.82, 2.24) is 0 Å². The van der Waals surface area contributed by atoms with E-state index in [1.165, 1.54) is 0 Å². The van der Waals surface area contributed by atoms with Crippen LogP contribution in [0.4, 0.5) is 0 Å². The molecule has 0 N–H and O–H groups in total. The molecule has 0 bridgehead atoms. The molecule has 1 nitrogen and oxygen atoms in total. The summed E-state index contributed by atoms with van der Waals surface area (Å²) in [5.74, 6) is 3.20. The third kappa shape index (κ3) is 1.91. The Morgan fingerprint density at radius 3 is 1.44 bits per heavy atom. The van der Waals surface area contributed by atoms with Crippen LogP contribution in [0.2, 0.25) is 0 Å². The van der Waals surface area contributed by atoms with E-state index in [0.29, 0.717) is 0 Å². The molecular formula is C7H15NS. The maximum absolute atomic E-state index is 8.76. The molecule has 0 rings (SSSR count). The quantitative estimate of drug-likeness (QED) is 0.559. The smallest absolute Gasteiger partial charge is 0.113 e. The molecule has 0 fully saturated rings. The van der Waals surface area contributed by atoms with Crippen molar-refractivity contribution in [3.8, 4) is 5.40 Å². The van der Waals surface area contributed by atoms with Gasteiger partial charge in [0.05, 0.1) is 0 Å². The lowest BCUT2D eigenvalue weighted by atomic mass is 10.9. The number of nitrogens with zero attached hydrogens (tertiary/aromatic N) is 1. The van der Waals surface area contributed by atoms with Crippen LogP contribution in [0, 0.1) is 10.7 Å². The molecule has 9 heavy (non-hydrogen) atoms. The summed E-state index contributed by atoms with van der Waals surface area (Å²) in [6.45, 7) is 6.35. The van der Waals surface area contributed by atoms with Gasteiger partial charge in [-0.25, -0.2) is 0 Å². The van der Waals surface area contributed by atoms with Gasteiger partial charge < -0.3 is 0 Å². The SMILES string of the molecule is CCS(C#N)(CC)CC. The van der Waals surface area contributed by atoms with Crippen LogP contribution in [0.5, 0.6) is 0 Å². The molecule has 0 heterocycles. The van der Waals surface area contributed by atoms with Gasteiger partial charge in [-0.05, 0) is 17.3 Å². The van der Waals surface area contributed by atoms with Crippen molar-refractivity contribution in [2.45, 2.75) is 20.8 Å². The first-order valence-electron chi connectivity index (χ1n) is 3.42. The monoisotopic (exact) mass is 145 g/mol. The van der Waals surface area contributed by atoms with Crippen molar-refractivity contribution in [1.29, 1.82) is 5.26 Å². The number of hydrogen-bond acceptors (Lipinski definition) is 1. The van der Waals surface area contributed by atoms with Crippen molar-refractivity contribution in [3.05, 3.63) is 0 Å². The van der Waals surface area contributed by atoms with E-state index in [9.17, 15) is 0 Å². The van der Waals surface area contributed by atoms with Gasteiger partial charge >= 0.3 is 0 Å². The summed E-state index contributed by atoms with van der Waals surface area (Å²) in [5.41, 5.74) is 0. The Morgan fingerprint density at radius 1 is 1.11 bits per heavy atom. The van der Waals surface area contributed by atoms with Gasteiger partial charge in [-0.15, -0.1) is 0 Å². The first-order valence-corrected chi connectivity index (χ1v) is 5.56.